The Labute approximate surface area is 671 Å². The molecule has 27 nitrogen and oxygen atoms in total. The third-order valence-electron chi connectivity index (χ3n) is 20.2. The number of ether oxygens (including phenoxy) is 5. The van der Waals surface area contributed by atoms with Crippen LogP contribution in [-0.2, 0) is 86.0 Å². The van der Waals surface area contributed by atoms with Crippen molar-refractivity contribution in [2.24, 2.45) is 41.4 Å². The van der Waals surface area contributed by atoms with Crippen LogP contribution >= 0.6 is 0 Å². The molecule has 5 aliphatic heterocycles. The summed E-state index contributed by atoms with van der Waals surface area (Å²) in [6.45, 7) is 35.1. The van der Waals surface area contributed by atoms with E-state index in [-0.39, 0.29) is 123 Å². The number of carbonyl (C=O) groups excluding carboxylic acids is 11. The molecule has 5 heterocycles. The Hall–Kier alpha value is -8.17. The number of aliphatic hydroxyl groups is 1. The van der Waals surface area contributed by atoms with E-state index >= 15 is 0 Å². The second kappa shape index (κ2) is 65.3. The largest absolute Gasteiger partial charge is 0.481 e. The summed E-state index contributed by atoms with van der Waals surface area (Å²) in [5, 5.41) is 30.0. The molecule has 3 radical (unpaired) electrons. The summed E-state index contributed by atoms with van der Waals surface area (Å²) in [6.07, 6.45) is 34.5. The van der Waals surface area contributed by atoms with Crippen molar-refractivity contribution < 1.29 is 101 Å². The van der Waals surface area contributed by atoms with Crippen LogP contribution in [0.1, 0.15) is 248 Å². The summed E-state index contributed by atoms with van der Waals surface area (Å²) in [5.74, 6) is -3.60. The van der Waals surface area contributed by atoms with Gasteiger partial charge >= 0.3 is 41.8 Å². The van der Waals surface area contributed by atoms with Crippen molar-refractivity contribution in [2.45, 2.75) is 272 Å². The summed E-state index contributed by atoms with van der Waals surface area (Å²) in [5.41, 5.74) is 0. The minimum atomic E-state index is -0.936. The van der Waals surface area contributed by atoms with Gasteiger partial charge in [-0.05, 0) is 103 Å². The zero-order chi connectivity index (χ0) is 84.4. The molecule has 0 saturated carbocycles. The van der Waals surface area contributed by atoms with Gasteiger partial charge in [0.15, 0.2) is 0 Å². The number of allylic oxidation sites excluding steroid dienone is 2. The Bertz CT molecular complexity index is 2780. The molecule has 112 heavy (non-hydrogen) atoms. The summed E-state index contributed by atoms with van der Waals surface area (Å²) >= 11 is 0. The Morgan fingerprint density at radius 2 is 0.750 bits per heavy atom. The van der Waals surface area contributed by atoms with Crippen LogP contribution in [0, 0.1) is 41.4 Å². The van der Waals surface area contributed by atoms with E-state index in [4.69, 9.17) is 19.7 Å². The van der Waals surface area contributed by atoms with E-state index in [0.29, 0.717) is 64.7 Å². The van der Waals surface area contributed by atoms with Gasteiger partial charge in [-0.25, -0.2) is 14.4 Å². The number of rotatable bonds is 45. The zero-order valence-corrected chi connectivity index (χ0v) is 70.1. The Kier molecular flexibility index (Phi) is 62.9. The highest BCUT2D eigenvalue weighted by molar-refractivity contribution is 5.90. The number of hydrogen-bond acceptors (Lipinski definition) is 19. The van der Waals surface area contributed by atoms with Gasteiger partial charge in [-0.3, -0.25) is 47.9 Å². The predicted octanol–water partition coefficient (Wildman–Crippen LogP) is 11.8. The molecule has 0 aromatic rings. The van der Waals surface area contributed by atoms with E-state index < -0.39 is 48.2 Å². The van der Waals surface area contributed by atoms with Crippen molar-refractivity contribution in [3.63, 3.8) is 0 Å². The third kappa shape index (κ3) is 41.6. The number of aliphatic hydroxyl groups excluding tert-OH is 1. The van der Waals surface area contributed by atoms with Crippen molar-refractivity contribution in [1.82, 2.24) is 29.8 Å². The van der Waals surface area contributed by atoms with Gasteiger partial charge in [0.05, 0.1) is 41.5 Å². The van der Waals surface area contributed by atoms with Crippen LogP contribution in [0.3, 0.4) is 0 Å². The number of methoxy groups -OCH3 is 5. The molecule has 0 aromatic carbocycles. The van der Waals surface area contributed by atoms with Gasteiger partial charge in [0.2, 0.25) is 35.4 Å². The maximum Gasteiger partial charge on any atom is 0.328 e. The number of carbonyl (C=O) groups is 13. The fourth-order valence-corrected chi connectivity index (χ4v) is 13.4. The summed E-state index contributed by atoms with van der Waals surface area (Å²) in [6, 6.07) is -1.72. The molecule has 0 aromatic heterocycles. The molecule has 5 rings (SSSR count). The SMILES string of the molecule is C=CC[C@@H](C(=O)O)N1CC[C@H](CCCC)C1=O.C=CC[C@@H](C(=O)OC)N1CC[C@H](CCCC)C1=O.C=CC[C@H](C(=O)OC)N1CC[C@H](CCCC)C1=O.C=CC[C@H](CCCC)C(=O)NCC(=O)OC.C=CC[C@H](CCCC)C(=O)O.CCCC[C@H]1CC(O)N(CC(=O)OC)C1=O.CCCC[C@H]1CCN(CC(=O)OC)C1=O.[B]. The molecule has 5 aliphatic rings. The van der Waals surface area contributed by atoms with Crippen LogP contribution in [0.25, 0.3) is 0 Å². The first-order valence-electron chi connectivity index (χ1n) is 40.4. The smallest absolute Gasteiger partial charge is 0.328 e. The molecule has 1 unspecified atom stereocenters. The molecule has 5 saturated heterocycles. The maximum atomic E-state index is 12.2. The molecule has 0 aliphatic carbocycles. The standard InChI is InChI=1S/2C14H23NO3.C13H21NO3.C12H21NO3.C11H19NO4.C11H19NO3.C9H16O2.B/c2*1-4-6-8-11-9-10-15(13(11)16)12(7-5-2)14(17)18-3;1-3-5-7-10-8-9-14(12(10)15)11(6-4-2)13(16)17;1-4-6-8-10(7-5-2)12(15)13-9-11(14)16-3;1-3-4-5-8-6-9(13)12(11(8)15)7-10(14)16-2;1-3-4-5-9-6-7-12(11(9)14)8-10(13)15-2;1-3-5-7-8(6-4-2)9(10)11;/h2*5,11-12H,2,4,6-10H2,1,3H3;4,10-11H,2-3,5-9H2,1H3,(H,16,17);5,10H,2,4,6-9H2,1,3H3,(H,13,15);8-9,13H,3-7H2,1-2H3;9H,3-8H2,1-2H3;4,8H,2-3,5-7H2,1H3,(H,10,11);/t11-,12+;11-,12-;10-,11-;10-;8-,9?;9-;8-;/m0001001./s1. The average molecular weight is 1580 g/mol. The number of nitrogens with zero attached hydrogens (tertiary/aromatic N) is 5. The lowest BCUT2D eigenvalue weighted by molar-refractivity contribution is -0.151. The molecule has 5 fully saturated rings. The topological polar surface area (TPSA) is 357 Å². The summed E-state index contributed by atoms with van der Waals surface area (Å²) < 4.78 is 23.0. The number of esters is 5. The fourth-order valence-electron chi connectivity index (χ4n) is 13.4. The second-order valence-electron chi connectivity index (χ2n) is 28.4. The van der Waals surface area contributed by atoms with Crippen molar-refractivity contribution in [1.29, 1.82) is 0 Å². The number of nitrogens with one attached hydrogen (secondary N) is 1. The molecular formula is C84H142BN6O21. The number of unbranched alkanes of at least 4 members (excludes halogenated alkanes) is 7. The van der Waals surface area contributed by atoms with Crippen LogP contribution in [-0.4, -0.2) is 231 Å². The average Bonchev–Trinajstić information content (AvgIpc) is 1.70. The summed E-state index contributed by atoms with van der Waals surface area (Å²) in [7, 11) is 6.62. The van der Waals surface area contributed by atoms with Crippen molar-refractivity contribution >= 4 is 85.6 Å². The van der Waals surface area contributed by atoms with Crippen LogP contribution in [0.2, 0.25) is 0 Å². The fraction of sp³-hybridized carbons (Fsp3) is 0.726. The van der Waals surface area contributed by atoms with E-state index in [2.05, 4.69) is 101 Å². The second-order valence-corrected chi connectivity index (χ2v) is 28.4. The highest BCUT2D eigenvalue weighted by atomic mass is 16.5. The Morgan fingerprint density at radius 3 is 1.10 bits per heavy atom. The van der Waals surface area contributed by atoms with Gasteiger partial charge in [-0.1, -0.05) is 169 Å². The first-order chi connectivity index (χ1) is 53.1. The number of hydrogen-bond donors (Lipinski definition) is 4. The van der Waals surface area contributed by atoms with Gasteiger partial charge < -0.3 is 68.8 Å². The lowest BCUT2D eigenvalue weighted by Gasteiger charge is -2.25. The van der Waals surface area contributed by atoms with E-state index in [1.54, 1.807) is 45.1 Å². The van der Waals surface area contributed by atoms with Crippen molar-refractivity contribution in [3.05, 3.63) is 63.3 Å². The van der Waals surface area contributed by atoms with Gasteiger partial charge in [0, 0.05) is 76.5 Å². The Balaban J connectivity index is -0.00000124. The van der Waals surface area contributed by atoms with Crippen molar-refractivity contribution in [2.75, 3.05) is 81.4 Å². The molecular weight excluding hydrogens is 1440 g/mol. The molecule has 637 valence electrons. The van der Waals surface area contributed by atoms with E-state index in [1.165, 1.54) is 45.3 Å². The highest BCUT2D eigenvalue weighted by Crippen LogP contribution is 2.31. The lowest BCUT2D eigenvalue weighted by atomic mass is 9.97. The monoisotopic (exact) mass is 1580 g/mol. The van der Waals surface area contributed by atoms with E-state index in [1.807, 2.05) is 0 Å². The molecule has 11 atom stereocenters. The number of amides is 6. The van der Waals surface area contributed by atoms with Gasteiger partial charge in [-0.2, -0.15) is 0 Å². The number of carboxylic acids is 2. The molecule has 6 amide bonds. The quantitative estimate of drug-likeness (QED) is 0.0190. The van der Waals surface area contributed by atoms with Crippen LogP contribution in [0.5, 0.6) is 0 Å². The number of likely N-dealkylation sites (tertiary alicyclic amines) is 5. The molecule has 4 N–H and O–H groups in total. The highest BCUT2D eigenvalue weighted by Gasteiger charge is 2.42. The molecule has 0 spiro atoms. The van der Waals surface area contributed by atoms with Crippen LogP contribution in [0.4, 0.5) is 0 Å². The van der Waals surface area contributed by atoms with Crippen LogP contribution in [0.15, 0.2) is 63.3 Å². The van der Waals surface area contributed by atoms with Crippen LogP contribution < -0.4 is 5.32 Å². The first kappa shape index (κ1) is 108. The first-order valence-corrected chi connectivity index (χ1v) is 40.4. The van der Waals surface area contributed by atoms with E-state index in [9.17, 15) is 67.4 Å². The normalized spacial score (nSPS) is 19.2. The number of carboxylic acid groups (broad SMARTS) is 2. The molecule has 28 heteroatoms. The zero-order valence-electron chi connectivity index (χ0n) is 70.1. The van der Waals surface area contributed by atoms with E-state index in [0.717, 1.165) is 161 Å². The van der Waals surface area contributed by atoms with Gasteiger partial charge in [0.1, 0.15) is 44.0 Å². The predicted molar refractivity (Wildman–Crippen MR) is 433 cm³/mol. The van der Waals surface area contributed by atoms with Gasteiger partial charge in [0.25, 0.3) is 0 Å². The van der Waals surface area contributed by atoms with Crippen molar-refractivity contribution in [3.8, 4) is 0 Å². The third-order valence-corrected chi connectivity index (χ3v) is 20.2. The summed E-state index contributed by atoms with van der Waals surface area (Å²) in [4.78, 5) is 157. The minimum Gasteiger partial charge on any atom is -0.481 e. The minimum absolute atomic E-state index is 0. The number of aliphatic carboxylic acids is 2. The van der Waals surface area contributed by atoms with Gasteiger partial charge in [-0.15, -0.1) is 32.9 Å². The maximum absolute atomic E-state index is 12.2. The Morgan fingerprint density at radius 1 is 0.420 bits per heavy atom. The molecule has 0 bridgehead atoms. The lowest BCUT2D eigenvalue weighted by Crippen LogP contribution is -2.43.